The third-order valence-corrected chi connectivity index (χ3v) is 3.74. The molecule has 3 aromatic rings. The molecule has 0 fully saturated rings. The van der Waals surface area contributed by atoms with Crippen LogP contribution in [0.5, 0.6) is 0 Å². The lowest BCUT2D eigenvalue weighted by Gasteiger charge is -2.04. The zero-order valence-corrected chi connectivity index (χ0v) is 12.1. The summed E-state index contributed by atoms with van der Waals surface area (Å²) in [6, 6.07) is 5.98. The Labute approximate surface area is 121 Å². The van der Waals surface area contributed by atoms with Gasteiger partial charge in [0.15, 0.2) is 0 Å². The fourth-order valence-corrected chi connectivity index (χ4v) is 2.49. The van der Waals surface area contributed by atoms with Gasteiger partial charge in [-0.15, -0.1) is 11.8 Å². The Kier molecular flexibility index (Phi) is 3.52. The van der Waals surface area contributed by atoms with Gasteiger partial charge in [-0.1, -0.05) is 0 Å². The van der Waals surface area contributed by atoms with E-state index >= 15 is 0 Å². The highest BCUT2D eigenvalue weighted by atomic mass is 32.2. The van der Waals surface area contributed by atoms with Crippen LogP contribution >= 0.6 is 11.8 Å². The fourth-order valence-electron chi connectivity index (χ4n) is 2.04. The summed E-state index contributed by atoms with van der Waals surface area (Å²) >= 11 is 1.65. The van der Waals surface area contributed by atoms with E-state index in [0.29, 0.717) is 0 Å². The predicted molar refractivity (Wildman–Crippen MR) is 81.1 cm³/mol. The second-order valence-corrected chi connectivity index (χ2v) is 5.25. The van der Waals surface area contributed by atoms with Crippen molar-refractivity contribution in [1.82, 2.24) is 19.7 Å². The van der Waals surface area contributed by atoms with Crippen molar-refractivity contribution in [3.63, 3.8) is 0 Å². The van der Waals surface area contributed by atoms with E-state index in [0.717, 1.165) is 21.8 Å². The van der Waals surface area contributed by atoms with E-state index in [4.69, 9.17) is 0 Å². The highest BCUT2D eigenvalue weighted by molar-refractivity contribution is 7.98. The minimum atomic E-state index is 0.949. The monoisotopic (exact) mass is 282 g/mol. The normalized spacial score (nSPS) is 10.7. The molecule has 0 saturated heterocycles. The van der Waals surface area contributed by atoms with Crippen LogP contribution in [0.2, 0.25) is 0 Å². The minimum absolute atomic E-state index is 0.949. The number of rotatable bonds is 3. The molecule has 0 unspecified atom stereocenters. The number of aryl methyl sites for hydroxylation is 1. The van der Waals surface area contributed by atoms with Crippen LogP contribution in [-0.4, -0.2) is 26.0 Å². The van der Waals surface area contributed by atoms with E-state index in [9.17, 15) is 0 Å². The Bertz CT molecular complexity index is 722. The maximum atomic E-state index is 4.43. The summed E-state index contributed by atoms with van der Waals surface area (Å²) in [5, 5.41) is 5.42. The lowest BCUT2D eigenvalue weighted by Crippen LogP contribution is -1.93. The van der Waals surface area contributed by atoms with Crippen molar-refractivity contribution in [2.24, 2.45) is 0 Å². The molecule has 0 saturated carbocycles. The quantitative estimate of drug-likeness (QED) is 0.691. The topological polar surface area (TPSA) is 43.6 Å². The average molecular weight is 282 g/mol. The van der Waals surface area contributed by atoms with Crippen LogP contribution in [0.15, 0.2) is 54.2 Å². The van der Waals surface area contributed by atoms with Crippen LogP contribution in [0.25, 0.3) is 16.8 Å². The minimum Gasteiger partial charge on any atom is -0.262 e. The van der Waals surface area contributed by atoms with Crippen LogP contribution in [0.3, 0.4) is 0 Å². The SMILES string of the molecule is CSc1cc(C)c(-c2cnn(-c3cccnc3)c2)cn1. The Morgan fingerprint density at radius 2 is 2.10 bits per heavy atom. The van der Waals surface area contributed by atoms with Crippen molar-refractivity contribution >= 4 is 11.8 Å². The van der Waals surface area contributed by atoms with Gasteiger partial charge in [0.05, 0.1) is 23.1 Å². The summed E-state index contributed by atoms with van der Waals surface area (Å²) in [6.45, 7) is 2.10. The van der Waals surface area contributed by atoms with E-state index in [2.05, 4.69) is 28.1 Å². The van der Waals surface area contributed by atoms with Gasteiger partial charge in [-0.3, -0.25) is 4.98 Å². The molecule has 100 valence electrons. The first-order valence-corrected chi connectivity index (χ1v) is 7.46. The molecule has 4 nitrogen and oxygen atoms in total. The highest BCUT2D eigenvalue weighted by Gasteiger charge is 2.07. The molecule has 0 N–H and O–H groups in total. The second-order valence-electron chi connectivity index (χ2n) is 4.43. The van der Waals surface area contributed by atoms with Crippen molar-refractivity contribution in [1.29, 1.82) is 0 Å². The van der Waals surface area contributed by atoms with Crippen LogP contribution in [0.4, 0.5) is 0 Å². The van der Waals surface area contributed by atoms with Gasteiger partial charge in [0.25, 0.3) is 0 Å². The molecule has 0 amide bonds. The summed E-state index contributed by atoms with van der Waals surface area (Å²) in [5.41, 5.74) is 4.32. The van der Waals surface area contributed by atoms with Gasteiger partial charge in [-0.05, 0) is 36.9 Å². The molecule has 0 bridgehead atoms. The van der Waals surface area contributed by atoms with Gasteiger partial charge < -0.3 is 0 Å². The van der Waals surface area contributed by atoms with Crippen molar-refractivity contribution in [3.05, 3.63) is 54.7 Å². The molecule has 0 aromatic carbocycles. The zero-order chi connectivity index (χ0) is 13.9. The molecule has 0 aliphatic carbocycles. The van der Waals surface area contributed by atoms with Gasteiger partial charge in [0.2, 0.25) is 0 Å². The first-order chi connectivity index (χ1) is 9.78. The van der Waals surface area contributed by atoms with Crippen molar-refractivity contribution in [2.45, 2.75) is 11.9 Å². The van der Waals surface area contributed by atoms with Gasteiger partial charge in [0.1, 0.15) is 0 Å². The van der Waals surface area contributed by atoms with Crippen LogP contribution in [0.1, 0.15) is 5.56 Å². The Hall–Kier alpha value is -2.14. The summed E-state index contributed by atoms with van der Waals surface area (Å²) in [7, 11) is 0. The number of aromatic nitrogens is 4. The first-order valence-electron chi connectivity index (χ1n) is 6.24. The molecule has 3 rings (SSSR count). The molecule has 0 aliphatic heterocycles. The molecule has 20 heavy (non-hydrogen) atoms. The third kappa shape index (κ3) is 2.44. The molecule has 3 heterocycles. The van der Waals surface area contributed by atoms with Crippen molar-refractivity contribution in [2.75, 3.05) is 6.26 Å². The van der Waals surface area contributed by atoms with Gasteiger partial charge in [0, 0.05) is 29.7 Å². The lowest BCUT2D eigenvalue weighted by molar-refractivity contribution is 0.874. The zero-order valence-electron chi connectivity index (χ0n) is 11.3. The van der Waals surface area contributed by atoms with Crippen molar-refractivity contribution in [3.8, 4) is 16.8 Å². The first kappa shape index (κ1) is 12.9. The molecule has 5 heteroatoms. The summed E-state index contributed by atoms with van der Waals surface area (Å²) in [6.07, 6.45) is 11.3. The fraction of sp³-hybridized carbons (Fsp3) is 0.133. The maximum Gasteiger partial charge on any atom is 0.0960 e. The number of thioether (sulfide) groups is 1. The standard InChI is InChI=1S/C15H14N4S/c1-11-6-15(20-2)17-9-14(11)12-7-18-19(10-12)13-4-3-5-16-8-13/h3-10H,1-2H3. The number of hydrogen-bond acceptors (Lipinski definition) is 4. The smallest absolute Gasteiger partial charge is 0.0960 e. The molecule has 3 aromatic heterocycles. The second kappa shape index (κ2) is 5.46. The number of hydrogen-bond donors (Lipinski definition) is 0. The molecule has 0 radical (unpaired) electrons. The van der Waals surface area contributed by atoms with E-state index in [1.54, 1.807) is 24.2 Å². The van der Waals surface area contributed by atoms with E-state index in [1.165, 1.54) is 5.56 Å². The number of pyridine rings is 2. The van der Waals surface area contributed by atoms with E-state index < -0.39 is 0 Å². The average Bonchev–Trinajstić information content (AvgIpc) is 2.97. The summed E-state index contributed by atoms with van der Waals surface area (Å²) < 4.78 is 1.82. The van der Waals surface area contributed by atoms with Crippen LogP contribution in [-0.2, 0) is 0 Å². The molecule has 0 aliphatic rings. The van der Waals surface area contributed by atoms with E-state index in [-0.39, 0.29) is 0 Å². The van der Waals surface area contributed by atoms with Crippen LogP contribution in [0, 0.1) is 6.92 Å². The predicted octanol–water partition coefficient (Wildman–Crippen LogP) is 3.36. The lowest BCUT2D eigenvalue weighted by atomic mass is 10.1. The van der Waals surface area contributed by atoms with Crippen LogP contribution < -0.4 is 0 Å². The summed E-state index contributed by atoms with van der Waals surface area (Å²) in [4.78, 5) is 8.54. The third-order valence-electron chi connectivity index (χ3n) is 3.10. The van der Waals surface area contributed by atoms with Gasteiger partial charge in [-0.2, -0.15) is 5.10 Å². The Balaban J connectivity index is 1.98. The van der Waals surface area contributed by atoms with E-state index in [1.807, 2.05) is 41.7 Å². The van der Waals surface area contributed by atoms with Gasteiger partial charge >= 0.3 is 0 Å². The molecule has 0 spiro atoms. The maximum absolute atomic E-state index is 4.43. The van der Waals surface area contributed by atoms with Gasteiger partial charge in [-0.25, -0.2) is 9.67 Å². The van der Waals surface area contributed by atoms with Crippen molar-refractivity contribution < 1.29 is 0 Å². The molecular weight excluding hydrogens is 268 g/mol. The largest absolute Gasteiger partial charge is 0.262 e. The highest BCUT2D eigenvalue weighted by Crippen LogP contribution is 2.25. The Morgan fingerprint density at radius 1 is 1.20 bits per heavy atom. The molecular formula is C15H14N4S. The number of nitrogens with zero attached hydrogens (tertiary/aromatic N) is 4. The summed E-state index contributed by atoms with van der Waals surface area (Å²) in [5.74, 6) is 0. The Morgan fingerprint density at radius 3 is 2.80 bits per heavy atom. The molecule has 0 atom stereocenters.